The highest BCUT2D eigenvalue weighted by Gasteiger charge is 2.35. The molecule has 1 fully saturated rings. The van der Waals surface area contributed by atoms with Crippen LogP contribution in [0.15, 0.2) is 30.3 Å². The Morgan fingerprint density at radius 2 is 2.00 bits per heavy atom. The Hall–Kier alpha value is -1.39. The van der Waals surface area contributed by atoms with Crippen molar-refractivity contribution in [3.05, 3.63) is 35.9 Å². The molecule has 0 aliphatic heterocycles. The summed E-state index contributed by atoms with van der Waals surface area (Å²) >= 11 is 0. The van der Waals surface area contributed by atoms with Gasteiger partial charge in [0.05, 0.1) is 18.8 Å². The molecule has 1 saturated carbocycles. The summed E-state index contributed by atoms with van der Waals surface area (Å²) in [5, 5.41) is 12.5. The third kappa shape index (κ3) is 3.81. The molecule has 0 bridgehead atoms. The van der Waals surface area contributed by atoms with Crippen LogP contribution in [0.3, 0.4) is 0 Å². The van der Waals surface area contributed by atoms with Crippen LogP contribution in [-0.2, 0) is 16.1 Å². The van der Waals surface area contributed by atoms with E-state index >= 15 is 0 Å². The number of aliphatic hydroxyl groups is 1. The summed E-state index contributed by atoms with van der Waals surface area (Å²) in [5.41, 5.74) is 0.617. The van der Waals surface area contributed by atoms with E-state index in [-0.39, 0.29) is 12.5 Å². The van der Waals surface area contributed by atoms with Gasteiger partial charge in [0.1, 0.15) is 6.10 Å². The summed E-state index contributed by atoms with van der Waals surface area (Å²) in [4.78, 5) is 12.1. The number of carbonyl (C=O) groups excluding carboxylic acids is 1. The van der Waals surface area contributed by atoms with E-state index in [9.17, 15) is 9.90 Å². The molecule has 1 aliphatic rings. The first-order valence-electron chi connectivity index (χ1n) is 7.24. The highest BCUT2D eigenvalue weighted by atomic mass is 16.5. The lowest BCUT2D eigenvalue weighted by Crippen LogP contribution is -2.52. The van der Waals surface area contributed by atoms with Gasteiger partial charge in [-0.05, 0) is 25.3 Å². The number of amides is 1. The van der Waals surface area contributed by atoms with Crippen LogP contribution in [0.1, 0.15) is 38.2 Å². The summed E-state index contributed by atoms with van der Waals surface area (Å²) in [6, 6.07) is 9.78. The maximum Gasteiger partial charge on any atom is 0.249 e. The molecule has 0 spiro atoms. The molecule has 1 atom stereocenters. The van der Waals surface area contributed by atoms with E-state index in [4.69, 9.17) is 4.74 Å². The van der Waals surface area contributed by atoms with Crippen LogP contribution in [0, 0.1) is 0 Å². The molecule has 4 heteroatoms. The van der Waals surface area contributed by atoms with E-state index in [1.807, 2.05) is 30.3 Å². The number of nitrogens with one attached hydrogen (secondary N) is 1. The zero-order valence-electron chi connectivity index (χ0n) is 12.0. The quantitative estimate of drug-likeness (QED) is 0.836. The van der Waals surface area contributed by atoms with E-state index < -0.39 is 11.6 Å². The van der Waals surface area contributed by atoms with Crippen molar-refractivity contribution in [1.82, 2.24) is 5.32 Å². The smallest absolute Gasteiger partial charge is 0.249 e. The number of hydrogen-bond donors (Lipinski definition) is 2. The van der Waals surface area contributed by atoms with Crippen molar-refractivity contribution in [1.29, 1.82) is 0 Å². The highest BCUT2D eigenvalue weighted by molar-refractivity contribution is 5.81. The maximum atomic E-state index is 12.1. The summed E-state index contributed by atoms with van der Waals surface area (Å²) in [6.45, 7) is 2.17. The second-order valence-corrected chi connectivity index (χ2v) is 5.57. The maximum absolute atomic E-state index is 12.1. The van der Waals surface area contributed by atoms with Crippen LogP contribution in [0.2, 0.25) is 0 Å². The Kier molecular flexibility index (Phi) is 5.15. The molecule has 1 aromatic carbocycles. The van der Waals surface area contributed by atoms with Gasteiger partial charge >= 0.3 is 0 Å². The molecule has 0 aromatic heterocycles. The molecule has 0 radical (unpaired) electrons. The number of benzene rings is 1. The Bertz CT molecular complexity index is 427. The largest absolute Gasteiger partial charge is 0.394 e. The van der Waals surface area contributed by atoms with E-state index in [1.165, 1.54) is 0 Å². The van der Waals surface area contributed by atoms with E-state index in [1.54, 1.807) is 6.92 Å². The van der Waals surface area contributed by atoms with Crippen molar-refractivity contribution in [3.63, 3.8) is 0 Å². The van der Waals surface area contributed by atoms with Gasteiger partial charge in [0.15, 0.2) is 0 Å². The molecular formula is C16H23NO3. The fraction of sp³-hybridized carbons (Fsp3) is 0.562. The topological polar surface area (TPSA) is 58.6 Å². The molecule has 4 nitrogen and oxygen atoms in total. The van der Waals surface area contributed by atoms with Gasteiger partial charge in [0.2, 0.25) is 5.91 Å². The number of rotatable bonds is 6. The lowest BCUT2D eigenvalue weighted by Gasteiger charge is -2.29. The number of hydrogen-bond acceptors (Lipinski definition) is 3. The molecule has 0 heterocycles. The van der Waals surface area contributed by atoms with Gasteiger partial charge < -0.3 is 15.2 Å². The lowest BCUT2D eigenvalue weighted by atomic mass is 9.98. The SMILES string of the molecule is CC(OCc1ccccc1)C(=O)NC1(CO)CCCC1. The summed E-state index contributed by atoms with van der Waals surface area (Å²) in [5.74, 6) is -0.142. The zero-order valence-corrected chi connectivity index (χ0v) is 12.0. The average molecular weight is 277 g/mol. The Morgan fingerprint density at radius 3 is 2.60 bits per heavy atom. The van der Waals surface area contributed by atoms with Crippen molar-refractivity contribution in [2.75, 3.05) is 6.61 Å². The molecule has 2 rings (SSSR count). The van der Waals surface area contributed by atoms with E-state index in [0.717, 1.165) is 31.2 Å². The van der Waals surface area contributed by atoms with Gasteiger partial charge in [-0.2, -0.15) is 0 Å². The van der Waals surface area contributed by atoms with Gasteiger partial charge in [-0.1, -0.05) is 43.2 Å². The minimum absolute atomic E-state index is 0.00411. The number of carbonyl (C=O) groups is 1. The first-order valence-corrected chi connectivity index (χ1v) is 7.24. The highest BCUT2D eigenvalue weighted by Crippen LogP contribution is 2.29. The minimum Gasteiger partial charge on any atom is -0.394 e. The average Bonchev–Trinajstić information content (AvgIpc) is 2.95. The van der Waals surface area contributed by atoms with E-state index in [0.29, 0.717) is 6.61 Å². The van der Waals surface area contributed by atoms with Crippen LogP contribution in [-0.4, -0.2) is 29.3 Å². The second-order valence-electron chi connectivity index (χ2n) is 5.57. The van der Waals surface area contributed by atoms with E-state index in [2.05, 4.69) is 5.32 Å². The van der Waals surface area contributed by atoms with Crippen LogP contribution in [0.4, 0.5) is 0 Å². The van der Waals surface area contributed by atoms with Gasteiger partial charge in [0.25, 0.3) is 0 Å². The minimum atomic E-state index is -0.515. The third-order valence-corrected chi connectivity index (χ3v) is 3.96. The predicted molar refractivity (Wildman–Crippen MR) is 77.1 cm³/mol. The Morgan fingerprint density at radius 1 is 1.35 bits per heavy atom. The van der Waals surface area contributed by atoms with Gasteiger partial charge in [0, 0.05) is 0 Å². The van der Waals surface area contributed by atoms with Crippen molar-refractivity contribution in [2.45, 2.75) is 50.9 Å². The van der Waals surface area contributed by atoms with Crippen molar-refractivity contribution in [2.24, 2.45) is 0 Å². The van der Waals surface area contributed by atoms with Gasteiger partial charge in [-0.25, -0.2) is 0 Å². The first-order chi connectivity index (χ1) is 9.65. The van der Waals surface area contributed by atoms with Crippen LogP contribution in [0.5, 0.6) is 0 Å². The predicted octanol–water partition coefficient (Wildman–Crippen LogP) is 2.01. The van der Waals surface area contributed by atoms with Crippen LogP contribution < -0.4 is 5.32 Å². The molecule has 1 amide bonds. The summed E-state index contributed by atoms with van der Waals surface area (Å²) in [6.07, 6.45) is 3.29. The molecule has 0 saturated heterocycles. The molecule has 110 valence electrons. The Labute approximate surface area is 120 Å². The lowest BCUT2D eigenvalue weighted by molar-refractivity contribution is -0.135. The summed E-state index contributed by atoms with van der Waals surface area (Å²) < 4.78 is 5.60. The molecule has 1 unspecified atom stereocenters. The molecule has 20 heavy (non-hydrogen) atoms. The molecular weight excluding hydrogens is 254 g/mol. The summed E-state index contributed by atoms with van der Waals surface area (Å²) in [7, 11) is 0. The van der Waals surface area contributed by atoms with Crippen molar-refractivity contribution in [3.8, 4) is 0 Å². The van der Waals surface area contributed by atoms with Crippen molar-refractivity contribution < 1.29 is 14.6 Å². The second kappa shape index (κ2) is 6.86. The normalized spacial score (nSPS) is 18.7. The van der Waals surface area contributed by atoms with Gasteiger partial charge in [-0.3, -0.25) is 4.79 Å². The fourth-order valence-electron chi connectivity index (χ4n) is 2.61. The third-order valence-electron chi connectivity index (χ3n) is 3.96. The van der Waals surface area contributed by atoms with Crippen LogP contribution in [0.25, 0.3) is 0 Å². The Balaban J connectivity index is 1.83. The van der Waals surface area contributed by atoms with Crippen molar-refractivity contribution >= 4 is 5.91 Å². The van der Waals surface area contributed by atoms with Gasteiger partial charge in [-0.15, -0.1) is 0 Å². The zero-order chi connectivity index (χ0) is 14.4. The standard InChI is InChI=1S/C16H23NO3/c1-13(20-11-14-7-3-2-4-8-14)15(19)17-16(12-18)9-5-6-10-16/h2-4,7-8,13,18H,5-6,9-12H2,1H3,(H,17,19). The molecule has 2 N–H and O–H groups in total. The molecule has 1 aliphatic carbocycles. The fourth-order valence-corrected chi connectivity index (χ4v) is 2.61. The monoisotopic (exact) mass is 277 g/mol. The van der Waals surface area contributed by atoms with Crippen LogP contribution >= 0.6 is 0 Å². The first kappa shape index (κ1) is 15.0. The number of aliphatic hydroxyl groups excluding tert-OH is 1. The molecule has 1 aromatic rings. The number of ether oxygens (including phenoxy) is 1.